The third-order valence-electron chi connectivity index (χ3n) is 8.94. The zero-order chi connectivity index (χ0) is 34.8. The number of benzene rings is 2. The smallest absolute Gasteiger partial charge is 0.251 e. The number of aromatic nitrogens is 1. The highest BCUT2D eigenvalue weighted by molar-refractivity contribution is 7.11. The number of halogens is 1. The third kappa shape index (κ3) is 10.4. The van der Waals surface area contributed by atoms with Gasteiger partial charge in [-0.3, -0.25) is 24.0 Å². The Balaban J connectivity index is 1.27. The van der Waals surface area contributed by atoms with Crippen LogP contribution >= 0.6 is 11.3 Å². The maximum atomic E-state index is 13.8. The van der Waals surface area contributed by atoms with Crippen molar-refractivity contribution in [1.29, 1.82) is 0 Å². The van der Waals surface area contributed by atoms with Crippen molar-refractivity contribution in [3.05, 3.63) is 87.1 Å². The molecule has 1 fully saturated rings. The van der Waals surface area contributed by atoms with Crippen LogP contribution in [0.1, 0.15) is 75.9 Å². The van der Waals surface area contributed by atoms with Crippen molar-refractivity contribution in [2.24, 2.45) is 0 Å². The second-order valence-corrected chi connectivity index (χ2v) is 13.9. The fourth-order valence-corrected chi connectivity index (χ4v) is 7.21. The number of rotatable bonds is 10. The van der Waals surface area contributed by atoms with E-state index < -0.39 is 17.8 Å². The number of nitrogens with one attached hydrogen (secondary N) is 3. The standard InChI is InChI=1S/C36H43FN6O5S/c1-24-30-20-31(44)40-29(9-5-6-16-38-35(48)26-10-12-28(37)13-11-26)19-33(46)43(22-32(45)39-21-25-7-3-2-4-8-25)23-34(47)42-17-14-27(15-18-42)36(41-30)49-24/h2-4,7-8,10-13,27,29H,5-6,9,14-23H2,1H3,(H,38,48)(H,39,45)(H,40,44)/t29-/m0/s1. The summed E-state index contributed by atoms with van der Waals surface area (Å²) in [5.41, 5.74) is 1.98. The molecular formula is C36H43FN6O5S. The Morgan fingerprint density at radius 2 is 1.71 bits per heavy atom. The molecule has 0 aliphatic carbocycles. The van der Waals surface area contributed by atoms with E-state index in [4.69, 9.17) is 4.98 Å². The zero-order valence-electron chi connectivity index (χ0n) is 27.7. The van der Waals surface area contributed by atoms with Gasteiger partial charge in [0.15, 0.2) is 0 Å². The Labute approximate surface area is 289 Å². The van der Waals surface area contributed by atoms with E-state index in [1.54, 1.807) is 16.2 Å². The number of thiazole rings is 1. The number of nitrogens with zero attached hydrogens (tertiary/aromatic N) is 3. The monoisotopic (exact) mass is 690 g/mol. The van der Waals surface area contributed by atoms with E-state index in [9.17, 15) is 28.4 Å². The van der Waals surface area contributed by atoms with Crippen LogP contribution in [0.15, 0.2) is 54.6 Å². The zero-order valence-corrected chi connectivity index (χ0v) is 28.5. The maximum absolute atomic E-state index is 13.8. The SMILES string of the molecule is Cc1sc2nc1CC(=O)N[C@@H](CCCCNC(=O)c1ccc(F)cc1)CC(=O)N(CC(=O)NCc1ccccc1)CC(=O)N1CCC2CC1. The number of amides is 5. The van der Waals surface area contributed by atoms with Crippen molar-refractivity contribution in [3.8, 4) is 0 Å². The van der Waals surface area contributed by atoms with Crippen LogP contribution in [0, 0.1) is 12.7 Å². The fourth-order valence-electron chi connectivity index (χ4n) is 6.10. The molecule has 3 aromatic rings. The second-order valence-electron chi connectivity index (χ2n) is 12.6. The van der Waals surface area contributed by atoms with Crippen LogP contribution in [-0.4, -0.2) is 83.1 Å². The first-order valence-electron chi connectivity index (χ1n) is 16.8. The molecule has 6 rings (SSSR count). The molecule has 49 heavy (non-hydrogen) atoms. The molecule has 3 aliphatic heterocycles. The number of aryl methyl sites for hydroxylation is 1. The normalized spacial score (nSPS) is 18.7. The Kier molecular flexibility index (Phi) is 12.5. The van der Waals surface area contributed by atoms with Crippen LogP contribution in [-0.2, 0) is 32.1 Å². The summed E-state index contributed by atoms with van der Waals surface area (Å²) in [6, 6.07) is 14.1. The lowest BCUT2D eigenvalue weighted by Gasteiger charge is -2.33. The summed E-state index contributed by atoms with van der Waals surface area (Å²) in [6.45, 7) is 3.13. The molecule has 0 saturated carbocycles. The molecule has 1 saturated heterocycles. The van der Waals surface area contributed by atoms with E-state index >= 15 is 0 Å². The third-order valence-corrected chi connectivity index (χ3v) is 10.1. The van der Waals surface area contributed by atoms with Gasteiger partial charge in [0, 0.05) is 55.0 Å². The molecule has 2 aromatic carbocycles. The molecule has 260 valence electrons. The van der Waals surface area contributed by atoms with Gasteiger partial charge in [0.2, 0.25) is 23.6 Å². The van der Waals surface area contributed by atoms with Crippen LogP contribution < -0.4 is 16.0 Å². The van der Waals surface area contributed by atoms with Crippen molar-refractivity contribution >= 4 is 40.9 Å². The number of unbranched alkanes of at least 4 members (excludes halogenated alkanes) is 1. The molecule has 3 N–H and O–H groups in total. The van der Waals surface area contributed by atoms with Gasteiger partial charge in [0.05, 0.1) is 17.1 Å². The molecule has 0 radical (unpaired) electrons. The van der Waals surface area contributed by atoms with Crippen LogP contribution in [0.5, 0.6) is 0 Å². The summed E-state index contributed by atoms with van der Waals surface area (Å²) in [7, 11) is 0. The highest BCUT2D eigenvalue weighted by atomic mass is 32.1. The number of carbonyl (C=O) groups is 5. The van der Waals surface area contributed by atoms with E-state index in [0.717, 1.165) is 28.3 Å². The predicted molar refractivity (Wildman–Crippen MR) is 183 cm³/mol. The lowest BCUT2D eigenvalue weighted by molar-refractivity contribution is -0.143. The highest BCUT2D eigenvalue weighted by Gasteiger charge is 2.31. The quantitative estimate of drug-likeness (QED) is 0.279. The average Bonchev–Trinajstić information content (AvgIpc) is 3.46. The van der Waals surface area contributed by atoms with E-state index in [1.165, 1.54) is 29.2 Å². The minimum atomic E-state index is -0.569. The first-order chi connectivity index (χ1) is 23.6. The van der Waals surface area contributed by atoms with Gasteiger partial charge in [0.1, 0.15) is 18.9 Å². The van der Waals surface area contributed by atoms with Crippen molar-refractivity contribution in [1.82, 2.24) is 30.7 Å². The van der Waals surface area contributed by atoms with Crippen molar-refractivity contribution in [2.75, 3.05) is 32.7 Å². The summed E-state index contributed by atoms with van der Waals surface area (Å²) < 4.78 is 13.2. The Bertz CT molecular complexity index is 1620. The molecular weight excluding hydrogens is 647 g/mol. The van der Waals surface area contributed by atoms with Gasteiger partial charge >= 0.3 is 0 Å². The molecule has 0 unspecified atom stereocenters. The Morgan fingerprint density at radius 1 is 0.980 bits per heavy atom. The predicted octanol–water partition coefficient (Wildman–Crippen LogP) is 3.47. The second kappa shape index (κ2) is 17.1. The molecule has 0 spiro atoms. The Morgan fingerprint density at radius 3 is 2.45 bits per heavy atom. The van der Waals surface area contributed by atoms with E-state index in [2.05, 4.69) is 16.0 Å². The fraction of sp³-hybridized carbons (Fsp3) is 0.444. The van der Waals surface area contributed by atoms with Gasteiger partial charge in [0.25, 0.3) is 5.91 Å². The summed E-state index contributed by atoms with van der Waals surface area (Å²) in [6.07, 6.45) is 3.04. The number of carbonyl (C=O) groups excluding carboxylic acids is 5. The van der Waals surface area contributed by atoms with Gasteiger partial charge < -0.3 is 25.8 Å². The van der Waals surface area contributed by atoms with Gasteiger partial charge in [-0.1, -0.05) is 30.3 Å². The first-order valence-corrected chi connectivity index (χ1v) is 17.6. The highest BCUT2D eigenvalue weighted by Crippen LogP contribution is 2.33. The molecule has 4 heterocycles. The summed E-state index contributed by atoms with van der Waals surface area (Å²) in [4.78, 5) is 74.9. The van der Waals surface area contributed by atoms with Crippen molar-refractivity contribution in [2.45, 2.75) is 70.4 Å². The molecule has 1 atom stereocenters. The van der Waals surface area contributed by atoms with Crippen LogP contribution in [0.2, 0.25) is 0 Å². The molecule has 1 aromatic heterocycles. The number of hydrogen-bond donors (Lipinski definition) is 3. The van der Waals surface area contributed by atoms with E-state index in [0.29, 0.717) is 50.2 Å². The summed E-state index contributed by atoms with van der Waals surface area (Å²) >= 11 is 1.59. The van der Waals surface area contributed by atoms with Crippen LogP contribution in [0.25, 0.3) is 0 Å². The van der Waals surface area contributed by atoms with Crippen molar-refractivity contribution < 1.29 is 28.4 Å². The minimum Gasteiger partial charge on any atom is -0.353 e. The van der Waals surface area contributed by atoms with Crippen LogP contribution in [0.4, 0.5) is 4.39 Å². The number of fused-ring (bicyclic) bond motifs is 10. The summed E-state index contributed by atoms with van der Waals surface area (Å²) in [5, 5.41) is 9.65. The maximum Gasteiger partial charge on any atom is 0.251 e. The van der Waals surface area contributed by atoms with Crippen molar-refractivity contribution in [3.63, 3.8) is 0 Å². The lowest BCUT2D eigenvalue weighted by Crippen LogP contribution is -2.50. The Hall–Kier alpha value is -4.65. The number of piperidine rings is 1. The van der Waals surface area contributed by atoms with Crippen LogP contribution in [0.3, 0.4) is 0 Å². The number of hydrogen-bond acceptors (Lipinski definition) is 7. The molecule has 4 bridgehead atoms. The lowest BCUT2D eigenvalue weighted by atomic mass is 9.97. The van der Waals surface area contributed by atoms with Gasteiger partial charge in [-0.15, -0.1) is 11.3 Å². The molecule has 5 amide bonds. The van der Waals surface area contributed by atoms with Gasteiger partial charge in [-0.2, -0.15) is 0 Å². The van der Waals surface area contributed by atoms with E-state index in [-0.39, 0.29) is 62.0 Å². The van der Waals surface area contributed by atoms with Gasteiger partial charge in [-0.25, -0.2) is 9.37 Å². The largest absolute Gasteiger partial charge is 0.353 e. The average molecular weight is 691 g/mol. The summed E-state index contributed by atoms with van der Waals surface area (Å²) in [5.74, 6) is -1.82. The first kappa shape index (κ1) is 35.7. The minimum absolute atomic E-state index is 0.0870. The van der Waals surface area contributed by atoms with Gasteiger partial charge in [-0.05, 0) is 68.9 Å². The topological polar surface area (TPSA) is 141 Å². The molecule has 3 aliphatic rings. The molecule has 13 heteroatoms. The van der Waals surface area contributed by atoms with E-state index in [1.807, 2.05) is 37.3 Å². The molecule has 11 nitrogen and oxygen atoms in total.